The third kappa shape index (κ3) is 20.2. The van der Waals surface area contributed by atoms with E-state index in [-0.39, 0.29) is 98.5 Å². The molecule has 1 aliphatic rings. The molecule has 2 heterocycles. The molecule has 0 saturated carbocycles. The van der Waals surface area contributed by atoms with Crippen LogP contribution in [0.2, 0.25) is 0 Å². The zero-order valence-electron chi connectivity index (χ0n) is 44.9. The molecule has 7 N–H and O–H groups in total. The number of aromatic nitrogens is 1. The number of rotatable bonds is 32. The second kappa shape index (κ2) is 30.5. The lowest BCUT2D eigenvalue weighted by atomic mass is 9.83. The van der Waals surface area contributed by atoms with Crippen LogP contribution >= 0.6 is 11.8 Å². The number of carbonyl (C=O) groups excluding carboxylic acids is 8. The lowest BCUT2D eigenvalue weighted by Crippen LogP contribution is -2.54. The normalized spacial score (nSPS) is 13.8. The predicted molar refractivity (Wildman–Crippen MR) is 287 cm³/mol. The van der Waals surface area contributed by atoms with Gasteiger partial charge in [0.05, 0.1) is 18.2 Å². The number of amides is 8. The average molecular weight is 1110 g/mol. The Bertz CT molecular complexity index is 2640. The van der Waals surface area contributed by atoms with Gasteiger partial charge in [0, 0.05) is 92.9 Å². The molecular weight excluding hydrogens is 1030 g/mol. The molecule has 1 aliphatic heterocycles. The number of hydrogen-bond acceptors (Lipinski definition) is 11. The lowest BCUT2D eigenvalue weighted by Gasteiger charge is -2.41. The average Bonchev–Trinajstić information content (AvgIpc) is 4.03. The van der Waals surface area contributed by atoms with E-state index in [4.69, 9.17) is 5.11 Å². The minimum Gasteiger partial charge on any atom is -0.481 e. The second-order valence-electron chi connectivity index (χ2n) is 20.3. The number of carboxylic acid groups (broad SMARTS) is 2. The van der Waals surface area contributed by atoms with E-state index in [1.807, 2.05) is 55.7 Å². The number of thioether (sulfide) groups is 1. The molecule has 2 aromatic carbocycles. The van der Waals surface area contributed by atoms with Gasteiger partial charge in [-0.15, -0.1) is 0 Å². The standard InChI is InChI=1S/C55H72F2N8O12S/c1-34(2)50(62-44(67)16-11-8-12-25-64-46(69)19-20-47(64)70)53(75)60-35(3)52(74)59-23-13-26-65(48(71)33-78-27-22-43(66)58-24-21-45(68)61-41(54(76)77)30-49(72)73)51(55(4,5)6)42-28-37(39-29-38(56)17-18-40(39)57)32-63(42)31-36-14-9-7-10-15-36/h7,9-10,14-15,17-20,28-29,32,34-35,41,50-51H,8,11-13,16,21-27,30-31,33H2,1-6H3,(H,58,66)(H,59,74)(H,60,75)(H,61,68)(H,62,67)(H,72,73)(H,76,77)/t35-,41-,50-,51-/m0/s1. The van der Waals surface area contributed by atoms with Gasteiger partial charge in [0.2, 0.25) is 35.4 Å². The molecule has 1 aromatic heterocycles. The number of aliphatic carboxylic acids is 2. The maximum Gasteiger partial charge on any atom is 0.326 e. The molecular formula is C55H72F2N8O12S. The van der Waals surface area contributed by atoms with Crippen molar-refractivity contribution < 1.29 is 66.9 Å². The van der Waals surface area contributed by atoms with Gasteiger partial charge in [0.1, 0.15) is 29.8 Å². The minimum atomic E-state index is -1.64. The monoisotopic (exact) mass is 1110 g/mol. The van der Waals surface area contributed by atoms with Gasteiger partial charge in [-0.2, -0.15) is 11.8 Å². The SMILES string of the molecule is CC(C)[C@H](NC(=O)CCCCCN1C(=O)C=CC1=O)C(=O)N[C@@H](C)C(=O)NCCCN(C(=O)CSCCC(=O)NCCC(=O)N[C@@H](CC(=O)O)C(=O)O)[C@@H](c1cc(-c2cc(F)ccc2F)cn1Cc1ccccc1)C(C)(C)C. The van der Waals surface area contributed by atoms with Crippen molar-refractivity contribution in [1.82, 2.24) is 41.0 Å². The highest BCUT2D eigenvalue weighted by atomic mass is 32.2. The fourth-order valence-corrected chi connectivity index (χ4v) is 9.42. The van der Waals surface area contributed by atoms with Crippen LogP contribution in [0.3, 0.4) is 0 Å². The molecule has 0 unspecified atom stereocenters. The number of unbranched alkanes of at least 4 members (excludes halogenated alkanes) is 2. The number of carbonyl (C=O) groups is 10. The van der Waals surface area contributed by atoms with Crippen molar-refractivity contribution in [3.8, 4) is 11.1 Å². The first-order valence-corrected chi connectivity index (χ1v) is 27.0. The number of imide groups is 1. The molecule has 0 spiro atoms. The van der Waals surface area contributed by atoms with Crippen molar-refractivity contribution in [2.45, 2.75) is 124 Å². The fraction of sp³-hybridized carbons (Fsp3) is 0.491. The summed E-state index contributed by atoms with van der Waals surface area (Å²) in [6.45, 7) is 11.4. The van der Waals surface area contributed by atoms with Gasteiger partial charge in [0.15, 0.2) is 0 Å². The maximum absolute atomic E-state index is 15.4. The van der Waals surface area contributed by atoms with Crippen molar-refractivity contribution in [2.75, 3.05) is 37.7 Å². The third-order valence-electron chi connectivity index (χ3n) is 12.6. The minimum absolute atomic E-state index is 0.0227. The smallest absolute Gasteiger partial charge is 0.326 e. The first-order chi connectivity index (χ1) is 36.9. The molecule has 8 amide bonds. The summed E-state index contributed by atoms with van der Waals surface area (Å²) in [7, 11) is 0. The van der Waals surface area contributed by atoms with Crippen LogP contribution in [0.15, 0.2) is 72.9 Å². The molecule has 0 bridgehead atoms. The van der Waals surface area contributed by atoms with Crippen LogP contribution in [-0.2, 0) is 54.5 Å². The van der Waals surface area contributed by atoms with Crippen molar-refractivity contribution in [3.05, 3.63) is 95.8 Å². The predicted octanol–water partition coefficient (Wildman–Crippen LogP) is 4.71. The summed E-state index contributed by atoms with van der Waals surface area (Å²) in [6, 6.07) is 10.0. The molecule has 0 fully saturated rings. The number of carboxylic acids is 2. The van der Waals surface area contributed by atoms with Gasteiger partial charge < -0.3 is 46.3 Å². The molecule has 23 heteroatoms. The van der Waals surface area contributed by atoms with Gasteiger partial charge >= 0.3 is 11.9 Å². The molecule has 0 radical (unpaired) electrons. The number of halogens is 2. The summed E-state index contributed by atoms with van der Waals surface area (Å²) in [6.07, 6.45) is 4.82. The first-order valence-electron chi connectivity index (χ1n) is 25.8. The van der Waals surface area contributed by atoms with Crippen LogP contribution in [-0.4, -0.2) is 140 Å². The number of hydrogen-bond donors (Lipinski definition) is 7. The summed E-state index contributed by atoms with van der Waals surface area (Å²) in [4.78, 5) is 128. The van der Waals surface area contributed by atoms with E-state index in [0.717, 1.165) is 28.7 Å². The van der Waals surface area contributed by atoms with Crippen molar-refractivity contribution in [1.29, 1.82) is 0 Å². The van der Waals surface area contributed by atoms with Gasteiger partial charge in [-0.3, -0.25) is 48.1 Å². The zero-order chi connectivity index (χ0) is 57.7. The highest BCUT2D eigenvalue weighted by Gasteiger charge is 2.37. The van der Waals surface area contributed by atoms with E-state index < -0.39 is 83.2 Å². The van der Waals surface area contributed by atoms with E-state index in [1.54, 1.807) is 31.0 Å². The summed E-state index contributed by atoms with van der Waals surface area (Å²) >= 11 is 1.17. The summed E-state index contributed by atoms with van der Waals surface area (Å²) in [5.41, 5.74) is 1.21. The molecule has 0 aliphatic carbocycles. The lowest BCUT2D eigenvalue weighted by molar-refractivity contribution is -0.147. The van der Waals surface area contributed by atoms with Gasteiger partial charge in [0.25, 0.3) is 11.8 Å². The molecule has 4 rings (SSSR count). The van der Waals surface area contributed by atoms with Crippen molar-refractivity contribution >= 4 is 71.0 Å². The Morgan fingerprint density at radius 2 is 1.42 bits per heavy atom. The molecule has 3 aromatic rings. The van der Waals surface area contributed by atoms with E-state index in [0.29, 0.717) is 37.1 Å². The quantitative estimate of drug-likeness (QED) is 0.0330. The number of nitrogens with zero attached hydrogens (tertiary/aromatic N) is 3. The maximum atomic E-state index is 15.4. The highest BCUT2D eigenvalue weighted by Crippen LogP contribution is 2.41. The Hall–Kier alpha value is -7.43. The molecule has 20 nitrogen and oxygen atoms in total. The Kier molecular flexibility index (Phi) is 24.7. The van der Waals surface area contributed by atoms with E-state index in [9.17, 15) is 57.4 Å². The topological polar surface area (TPSA) is 283 Å². The molecule has 424 valence electrons. The van der Waals surface area contributed by atoms with Gasteiger partial charge in [-0.25, -0.2) is 13.6 Å². The number of nitrogens with one attached hydrogen (secondary N) is 5. The molecule has 4 atom stereocenters. The molecule has 0 saturated heterocycles. The Morgan fingerprint density at radius 1 is 0.744 bits per heavy atom. The van der Waals surface area contributed by atoms with Crippen LogP contribution in [0, 0.1) is 23.0 Å². The van der Waals surface area contributed by atoms with Crippen molar-refractivity contribution in [2.24, 2.45) is 11.3 Å². The van der Waals surface area contributed by atoms with E-state index >= 15 is 4.39 Å². The van der Waals surface area contributed by atoms with Crippen LogP contribution in [0.25, 0.3) is 11.1 Å². The van der Waals surface area contributed by atoms with Crippen molar-refractivity contribution in [3.63, 3.8) is 0 Å². The zero-order valence-corrected chi connectivity index (χ0v) is 45.7. The first kappa shape index (κ1) is 63.1. The number of benzene rings is 2. The van der Waals surface area contributed by atoms with Crippen LogP contribution < -0.4 is 26.6 Å². The Balaban J connectivity index is 1.45. The fourth-order valence-electron chi connectivity index (χ4n) is 8.61. The van der Waals surface area contributed by atoms with E-state index in [2.05, 4.69) is 26.6 Å². The second-order valence-corrected chi connectivity index (χ2v) is 21.4. The summed E-state index contributed by atoms with van der Waals surface area (Å²) in [5, 5.41) is 31.0. The van der Waals surface area contributed by atoms with Gasteiger partial charge in [-0.05, 0) is 67.3 Å². The van der Waals surface area contributed by atoms with E-state index in [1.165, 1.54) is 30.8 Å². The van der Waals surface area contributed by atoms with Crippen LogP contribution in [0.4, 0.5) is 8.78 Å². The Morgan fingerprint density at radius 3 is 2.06 bits per heavy atom. The molecule has 78 heavy (non-hydrogen) atoms. The largest absolute Gasteiger partial charge is 0.481 e. The van der Waals surface area contributed by atoms with Crippen LogP contribution in [0.5, 0.6) is 0 Å². The summed E-state index contributed by atoms with van der Waals surface area (Å²) in [5.74, 6) is -8.24. The third-order valence-corrected chi connectivity index (χ3v) is 13.5. The highest BCUT2D eigenvalue weighted by molar-refractivity contribution is 7.99. The summed E-state index contributed by atoms with van der Waals surface area (Å²) < 4.78 is 31.9. The Labute approximate surface area is 456 Å². The van der Waals surface area contributed by atoms with Gasteiger partial charge in [-0.1, -0.05) is 71.4 Å². The van der Waals surface area contributed by atoms with Crippen LogP contribution in [0.1, 0.15) is 110 Å².